The molecule has 0 aliphatic heterocycles. The van der Waals surface area contributed by atoms with E-state index >= 15 is 0 Å². The number of carboxylic acids is 1. The third kappa shape index (κ3) is 3.79. The molecule has 0 spiro atoms. The van der Waals surface area contributed by atoms with Crippen molar-refractivity contribution in [2.45, 2.75) is 31.6 Å². The normalized spacial score (nSPS) is 13.2. The van der Waals surface area contributed by atoms with Crippen LogP contribution in [-0.4, -0.2) is 28.1 Å². The van der Waals surface area contributed by atoms with Gasteiger partial charge < -0.3 is 15.0 Å². The molecule has 2 aromatic carbocycles. The highest BCUT2D eigenvalue weighted by atomic mass is 16.4. The number of carboxylic acid groups (broad SMARTS) is 1. The summed E-state index contributed by atoms with van der Waals surface area (Å²) in [7, 11) is 1.99. The molecule has 2 N–H and O–H groups in total. The monoisotopic (exact) mass is 378 g/mol. The molecule has 5 nitrogen and oxygen atoms in total. The van der Waals surface area contributed by atoms with Gasteiger partial charge in [-0.3, -0.25) is 9.59 Å². The summed E-state index contributed by atoms with van der Waals surface area (Å²) in [5.41, 5.74) is 1.85. The molecule has 0 saturated heterocycles. The van der Waals surface area contributed by atoms with Gasteiger partial charge in [0.2, 0.25) is 5.91 Å². The molecule has 0 fully saturated rings. The Balaban J connectivity index is 1.67. The van der Waals surface area contributed by atoms with Gasteiger partial charge in [0.05, 0.1) is 0 Å². The Bertz CT molecular complexity index is 978. The number of carbonyl (C=O) groups is 2. The number of rotatable bonds is 8. The number of aliphatic carboxylic acids is 1. The van der Waals surface area contributed by atoms with E-state index in [4.69, 9.17) is 0 Å². The molecule has 1 aromatic heterocycles. The summed E-state index contributed by atoms with van der Waals surface area (Å²) in [6.07, 6.45) is 3.39. The third-order valence-electron chi connectivity index (χ3n) is 5.53. The van der Waals surface area contributed by atoms with Gasteiger partial charge in [0.15, 0.2) is 0 Å². The topological polar surface area (TPSA) is 71.3 Å². The van der Waals surface area contributed by atoms with Crippen molar-refractivity contribution < 1.29 is 14.7 Å². The zero-order chi connectivity index (χ0) is 20.1. The van der Waals surface area contributed by atoms with Gasteiger partial charge >= 0.3 is 5.97 Å². The molecule has 1 heterocycles. The van der Waals surface area contributed by atoms with Crippen LogP contribution in [0, 0.1) is 0 Å². The molecule has 0 bridgehead atoms. The number of benzene rings is 2. The van der Waals surface area contributed by atoms with Crippen LogP contribution < -0.4 is 5.32 Å². The molecule has 1 amide bonds. The van der Waals surface area contributed by atoms with Crippen LogP contribution in [0.4, 0.5) is 0 Å². The minimum atomic E-state index is -1.11. The SMILES string of the molecule is CCC(CNC(=O)CCc1cn(C)c2ccccc12)(C(=O)O)c1ccccc1. The van der Waals surface area contributed by atoms with Crippen molar-refractivity contribution in [1.82, 2.24) is 9.88 Å². The fraction of sp³-hybridized carbons (Fsp3) is 0.304. The number of hydrogen-bond donors (Lipinski definition) is 2. The van der Waals surface area contributed by atoms with Gasteiger partial charge in [0.1, 0.15) is 5.41 Å². The Kier molecular flexibility index (Phi) is 5.83. The van der Waals surface area contributed by atoms with Gasteiger partial charge in [-0.15, -0.1) is 0 Å². The van der Waals surface area contributed by atoms with Crippen molar-refractivity contribution in [3.05, 3.63) is 71.9 Å². The van der Waals surface area contributed by atoms with E-state index < -0.39 is 11.4 Å². The van der Waals surface area contributed by atoms with E-state index in [9.17, 15) is 14.7 Å². The van der Waals surface area contributed by atoms with Crippen LogP contribution in [0.25, 0.3) is 10.9 Å². The fourth-order valence-corrected chi connectivity index (χ4v) is 3.75. The van der Waals surface area contributed by atoms with E-state index in [0.717, 1.165) is 16.5 Å². The highest BCUT2D eigenvalue weighted by Crippen LogP contribution is 2.28. The summed E-state index contributed by atoms with van der Waals surface area (Å²) in [5, 5.41) is 13.9. The minimum Gasteiger partial charge on any atom is -0.481 e. The van der Waals surface area contributed by atoms with E-state index in [0.29, 0.717) is 24.8 Å². The van der Waals surface area contributed by atoms with Crippen LogP contribution in [-0.2, 0) is 28.5 Å². The number of aryl methyl sites for hydroxylation is 2. The first-order valence-electron chi connectivity index (χ1n) is 9.56. The molecule has 0 aliphatic rings. The number of nitrogens with one attached hydrogen (secondary N) is 1. The number of carbonyl (C=O) groups excluding carboxylic acids is 1. The van der Waals surface area contributed by atoms with Crippen LogP contribution in [0.3, 0.4) is 0 Å². The third-order valence-corrected chi connectivity index (χ3v) is 5.53. The molecule has 3 rings (SSSR count). The lowest BCUT2D eigenvalue weighted by molar-refractivity contribution is -0.144. The lowest BCUT2D eigenvalue weighted by atomic mass is 9.78. The summed E-state index contributed by atoms with van der Waals surface area (Å²) in [5.74, 6) is -1.06. The average molecular weight is 378 g/mol. The first-order valence-corrected chi connectivity index (χ1v) is 9.56. The fourth-order valence-electron chi connectivity index (χ4n) is 3.75. The molecule has 1 unspecified atom stereocenters. The zero-order valence-electron chi connectivity index (χ0n) is 16.3. The van der Waals surface area contributed by atoms with Gasteiger partial charge in [-0.1, -0.05) is 55.5 Å². The molecule has 5 heteroatoms. The standard InChI is InChI=1S/C23H26N2O3/c1-3-23(22(27)28,18-9-5-4-6-10-18)16-24-21(26)14-13-17-15-25(2)20-12-8-7-11-19(17)20/h4-12,15H,3,13-14,16H2,1-2H3,(H,24,26)(H,27,28). The first kappa shape index (κ1) is 19.7. The predicted octanol–water partition coefficient (Wildman–Crippen LogP) is 3.66. The Morgan fingerprint density at radius 1 is 1.07 bits per heavy atom. The Morgan fingerprint density at radius 2 is 1.75 bits per heavy atom. The summed E-state index contributed by atoms with van der Waals surface area (Å²) in [4.78, 5) is 24.5. The predicted molar refractivity (Wildman–Crippen MR) is 110 cm³/mol. The lowest BCUT2D eigenvalue weighted by Gasteiger charge is -2.29. The Labute approximate surface area is 165 Å². The summed E-state index contributed by atoms with van der Waals surface area (Å²) < 4.78 is 2.06. The maximum Gasteiger partial charge on any atom is 0.315 e. The van der Waals surface area contributed by atoms with E-state index in [-0.39, 0.29) is 12.5 Å². The highest BCUT2D eigenvalue weighted by molar-refractivity contribution is 5.86. The number of para-hydroxylation sites is 1. The molecule has 1 atom stereocenters. The van der Waals surface area contributed by atoms with E-state index in [1.165, 1.54) is 0 Å². The highest BCUT2D eigenvalue weighted by Gasteiger charge is 2.38. The first-order chi connectivity index (χ1) is 13.5. The summed E-state index contributed by atoms with van der Waals surface area (Å²) in [6.45, 7) is 1.92. The van der Waals surface area contributed by atoms with Crippen LogP contribution in [0.1, 0.15) is 30.9 Å². The zero-order valence-corrected chi connectivity index (χ0v) is 16.3. The number of nitrogens with zero attached hydrogens (tertiary/aromatic N) is 1. The number of amides is 1. The Hall–Kier alpha value is -3.08. The number of fused-ring (bicyclic) bond motifs is 1. The minimum absolute atomic E-state index is 0.0806. The smallest absolute Gasteiger partial charge is 0.315 e. The Morgan fingerprint density at radius 3 is 2.43 bits per heavy atom. The maximum atomic E-state index is 12.5. The van der Waals surface area contributed by atoms with Crippen molar-refractivity contribution in [2.75, 3.05) is 6.54 Å². The molecule has 3 aromatic rings. The second kappa shape index (κ2) is 8.30. The van der Waals surface area contributed by atoms with Gasteiger partial charge in [-0.25, -0.2) is 0 Å². The van der Waals surface area contributed by atoms with Crippen LogP contribution in [0.5, 0.6) is 0 Å². The maximum absolute atomic E-state index is 12.5. The largest absolute Gasteiger partial charge is 0.481 e. The number of aromatic nitrogens is 1. The molecule has 0 radical (unpaired) electrons. The van der Waals surface area contributed by atoms with E-state index in [2.05, 4.69) is 28.2 Å². The van der Waals surface area contributed by atoms with Crippen LogP contribution >= 0.6 is 0 Å². The molecule has 0 saturated carbocycles. The van der Waals surface area contributed by atoms with Gasteiger partial charge in [0.25, 0.3) is 0 Å². The summed E-state index contributed by atoms with van der Waals surface area (Å²) in [6, 6.07) is 17.2. The summed E-state index contributed by atoms with van der Waals surface area (Å²) >= 11 is 0. The van der Waals surface area contributed by atoms with E-state index in [1.807, 2.05) is 44.3 Å². The lowest BCUT2D eigenvalue weighted by Crippen LogP contribution is -2.46. The quantitative estimate of drug-likeness (QED) is 0.628. The van der Waals surface area contributed by atoms with Gasteiger partial charge in [-0.05, 0) is 30.0 Å². The van der Waals surface area contributed by atoms with E-state index in [1.54, 1.807) is 12.1 Å². The number of hydrogen-bond acceptors (Lipinski definition) is 2. The molecular weight excluding hydrogens is 352 g/mol. The average Bonchev–Trinajstić information content (AvgIpc) is 3.04. The second-order valence-corrected chi connectivity index (χ2v) is 7.17. The van der Waals surface area contributed by atoms with Crippen molar-refractivity contribution >= 4 is 22.8 Å². The van der Waals surface area contributed by atoms with Crippen molar-refractivity contribution in [3.8, 4) is 0 Å². The van der Waals surface area contributed by atoms with Crippen molar-refractivity contribution in [2.24, 2.45) is 7.05 Å². The molecule has 28 heavy (non-hydrogen) atoms. The van der Waals surface area contributed by atoms with Crippen LogP contribution in [0.15, 0.2) is 60.8 Å². The molecular formula is C23H26N2O3. The van der Waals surface area contributed by atoms with Crippen molar-refractivity contribution in [3.63, 3.8) is 0 Å². The van der Waals surface area contributed by atoms with Crippen LogP contribution in [0.2, 0.25) is 0 Å². The molecule has 146 valence electrons. The van der Waals surface area contributed by atoms with Gasteiger partial charge in [0, 0.05) is 37.1 Å². The molecule has 0 aliphatic carbocycles. The van der Waals surface area contributed by atoms with Gasteiger partial charge in [-0.2, -0.15) is 0 Å². The second-order valence-electron chi connectivity index (χ2n) is 7.17. The van der Waals surface area contributed by atoms with Crippen molar-refractivity contribution in [1.29, 1.82) is 0 Å².